The van der Waals surface area contributed by atoms with Crippen LogP contribution in [-0.2, 0) is 6.42 Å². The highest BCUT2D eigenvalue weighted by Crippen LogP contribution is 2.19. The first-order chi connectivity index (χ1) is 7.63. The molecule has 1 aromatic heterocycles. The van der Waals surface area contributed by atoms with Crippen LogP contribution in [0.2, 0.25) is 0 Å². The van der Waals surface area contributed by atoms with Crippen LogP contribution >= 0.6 is 0 Å². The lowest BCUT2D eigenvalue weighted by Crippen LogP contribution is -2.04. The van der Waals surface area contributed by atoms with E-state index in [4.69, 9.17) is 5.73 Å². The van der Waals surface area contributed by atoms with E-state index in [2.05, 4.69) is 49.3 Å². The molecule has 1 heterocycles. The zero-order valence-corrected chi connectivity index (χ0v) is 9.86. The molecule has 0 saturated carbocycles. The number of nitrogens with zero attached hydrogens (tertiary/aromatic N) is 3. The number of hydrogen-bond donors (Lipinski definition) is 1. The number of hydrogen-bond acceptors (Lipinski definition) is 3. The molecule has 4 nitrogen and oxygen atoms in total. The van der Waals surface area contributed by atoms with E-state index < -0.39 is 0 Å². The monoisotopic (exact) mass is 216 g/mol. The highest BCUT2D eigenvalue weighted by atomic mass is 15.4. The summed E-state index contributed by atoms with van der Waals surface area (Å²) in [6.45, 7) is 6.20. The molecule has 0 bridgehead atoms. The molecule has 0 aliphatic heterocycles. The van der Waals surface area contributed by atoms with Gasteiger partial charge in [-0.3, -0.25) is 0 Å². The van der Waals surface area contributed by atoms with E-state index >= 15 is 0 Å². The Morgan fingerprint density at radius 2 is 2.06 bits per heavy atom. The van der Waals surface area contributed by atoms with Crippen LogP contribution in [0.4, 0.5) is 5.82 Å². The van der Waals surface area contributed by atoms with Crippen molar-refractivity contribution in [2.75, 3.05) is 5.73 Å². The van der Waals surface area contributed by atoms with Gasteiger partial charge in [-0.15, -0.1) is 5.10 Å². The van der Waals surface area contributed by atoms with Gasteiger partial charge in [-0.05, 0) is 31.9 Å². The number of rotatable bonds is 2. The molecule has 2 N–H and O–H groups in total. The van der Waals surface area contributed by atoms with Gasteiger partial charge in [0.1, 0.15) is 0 Å². The lowest BCUT2D eigenvalue weighted by molar-refractivity contribution is 0.763. The Kier molecular flexibility index (Phi) is 2.64. The zero-order valence-electron chi connectivity index (χ0n) is 9.86. The van der Waals surface area contributed by atoms with Crippen molar-refractivity contribution in [1.29, 1.82) is 0 Å². The Balaban J connectivity index is 2.58. The summed E-state index contributed by atoms with van der Waals surface area (Å²) in [4.78, 5) is 0. The molecule has 0 spiro atoms. The third kappa shape index (κ3) is 1.66. The molecule has 0 saturated heterocycles. The first kappa shape index (κ1) is 10.7. The van der Waals surface area contributed by atoms with E-state index in [-0.39, 0.29) is 0 Å². The quantitative estimate of drug-likeness (QED) is 0.835. The summed E-state index contributed by atoms with van der Waals surface area (Å²) in [6.07, 6.45) is 0.826. The topological polar surface area (TPSA) is 56.7 Å². The Morgan fingerprint density at radius 3 is 2.69 bits per heavy atom. The van der Waals surface area contributed by atoms with Crippen LogP contribution in [0.15, 0.2) is 18.2 Å². The molecule has 0 atom stereocenters. The summed E-state index contributed by atoms with van der Waals surface area (Å²) < 4.78 is 1.82. The summed E-state index contributed by atoms with van der Waals surface area (Å²) in [5.74, 6) is 0.516. The van der Waals surface area contributed by atoms with Crippen LogP contribution in [0.5, 0.6) is 0 Å². The van der Waals surface area contributed by atoms with Gasteiger partial charge in [-0.2, -0.15) is 0 Å². The van der Waals surface area contributed by atoms with Gasteiger partial charge in [0, 0.05) is 0 Å². The number of benzene rings is 1. The van der Waals surface area contributed by atoms with Gasteiger partial charge >= 0.3 is 0 Å². The average Bonchev–Trinajstić information content (AvgIpc) is 2.59. The SMILES string of the molecule is CCc1c(N)nnn1-c1ccc(C)cc1C. The van der Waals surface area contributed by atoms with Crippen molar-refractivity contribution in [3.8, 4) is 5.69 Å². The standard InChI is InChI=1S/C12H16N4/c1-4-10-12(13)14-15-16(10)11-6-5-8(2)7-9(11)3/h5-7H,4,13H2,1-3H3. The van der Waals surface area contributed by atoms with Gasteiger partial charge in [0.15, 0.2) is 5.82 Å². The van der Waals surface area contributed by atoms with Crippen molar-refractivity contribution in [2.24, 2.45) is 0 Å². The number of aryl methyl sites for hydroxylation is 2. The average molecular weight is 216 g/mol. The van der Waals surface area contributed by atoms with Crippen molar-refractivity contribution in [2.45, 2.75) is 27.2 Å². The maximum atomic E-state index is 5.77. The zero-order chi connectivity index (χ0) is 11.7. The van der Waals surface area contributed by atoms with Gasteiger partial charge < -0.3 is 5.73 Å². The second-order valence-electron chi connectivity index (χ2n) is 3.98. The number of nitrogens with two attached hydrogens (primary N) is 1. The molecule has 16 heavy (non-hydrogen) atoms. The van der Waals surface area contributed by atoms with E-state index in [0.29, 0.717) is 5.82 Å². The molecule has 0 fully saturated rings. The van der Waals surface area contributed by atoms with Crippen molar-refractivity contribution < 1.29 is 0 Å². The minimum atomic E-state index is 0.516. The molecule has 0 aliphatic carbocycles. The third-order valence-electron chi connectivity index (χ3n) is 2.71. The number of anilines is 1. The summed E-state index contributed by atoms with van der Waals surface area (Å²) in [5.41, 5.74) is 10.2. The maximum absolute atomic E-state index is 5.77. The molecule has 4 heteroatoms. The summed E-state index contributed by atoms with van der Waals surface area (Å²) in [6, 6.07) is 6.25. The first-order valence-corrected chi connectivity index (χ1v) is 5.41. The van der Waals surface area contributed by atoms with Gasteiger partial charge in [0.2, 0.25) is 0 Å². The fourth-order valence-electron chi connectivity index (χ4n) is 1.88. The van der Waals surface area contributed by atoms with Crippen molar-refractivity contribution in [1.82, 2.24) is 15.0 Å². The van der Waals surface area contributed by atoms with Crippen LogP contribution in [0.1, 0.15) is 23.7 Å². The maximum Gasteiger partial charge on any atom is 0.169 e. The molecule has 0 radical (unpaired) electrons. The Hall–Kier alpha value is -1.84. The van der Waals surface area contributed by atoms with Gasteiger partial charge in [-0.25, -0.2) is 4.68 Å². The molecule has 2 aromatic rings. The van der Waals surface area contributed by atoms with Crippen LogP contribution < -0.4 is 5.73 Å². The van der Waals surface area contributed by atoms with Crippen molar-refractivity contribution in [3.63, 3.8) is 0 Å². The molecule has 84 valence electrons. The van der Waals surface area contributed by atoms with E-state index in [1.54, 1.807) is 0 Å². The van der Waals surface area contributed by atoms with Crippen molar-refractivity contribution in [3.05, 3.63) is 35.0 Å². The van der Waals surface area contributed by atoms with E-state index in [0.717, 1.165) is 17.8 Å². The summed E-state index contributed by atoms with van der Waals surface area (Å²) in [7, 11) is 0. The number of nitrogen functional groups attached to an aromatic ring is 1. The fraction of sp³-hybridized carbons (Fsp3) is 0.333. The molecule has 0 aliphatic rings. The minimum Gasteiger partial charge on any atom is -0.381 e. The lowest BCUT2D eigenvalue weighted by Gasteiger charge is -2.08. The van der Waals surface area contributed by atoms with Gasteiger partial charge in [0.25, 0.3) is 0 Å². The highest BCUT2D eigenvalue weighted by Gasteiger charge is 2.11. The summed E-state index contributed by atoms with van der Waals surface area (Å²) >= 11 is 0. The van der Waals surface area contributed by atoms with E-state index in [1.165, 1.54) is 11.1 Å². The molecule has 0 unspecified atom stereocenters. The first-order valence-electron chi connectivity index (χ1n) is 5.41. The molecule has 1 aromatic carbocycles. The van der Waals surface area contributed by atoms with Gasteiger partial charge in [0.05, 0.1) is 11.4 Å². The van der Waals surface area contributed by atoms with Crippen LogP contribution in [-0.4, -0.2) is 15.0 Å². The third-order valence-corrected chi connectivity index (χ3v) is 2.71. The molecule has 2 rings (SSSR count). The van der Waals surface area contributed by atoms with E-state index in [1.807, 2.05) is 4.68 Å². The predicted octanol–water partition coefficient (Wildman–Crippen LogP) is 2.03. The molecular formula is C12H16N4. The van der Waals surface area contributed by atoms with Crippen LogP contribution in [0.3, 0.4) is 0 Å². The predicted molar refractivity (Wildman–Crippen MR) is 64.6 cm³/mol. The van der Waals surface area contributed by atoms with Crippen LogP contribution in [0.25, 0.3) is 5.69 Å². The Bertz CT molecular complexity index is 514. The van der Waals surface area contributed by atoms with E-state index in [9.17, 15) is 0 Å². The normalized spacial score (nSPS) is 10.7. The summed E-state index contributed by atoms with van der Waals surface area (Å²) in [5, 5.41) is 8.01. The Morgan fingerprint density at radius 1 is 1.31 bits per heavy atom. The second-order valence-corrected chi connectivity index (χ2v) is 3.98. The fourth-order valence-corrected chi connectivity index (χ4v) is 1.88. The lowest BCUT2D eigenvalue weighted by atomic mass is 10.1. The second kappa shape index (κ2) is 3.96. The minimum absolute atomic E-state index is 0.516. The largest absolute Gasteiger partial charge is 0.381 e. The Labute approximate surface area is 95.1 Å². The highest BCUT2D eigenvalue weighted by molar-refractivity contribution is 5.46. The smallest absolute Gasteiger partial charge is 0.169 e. The van der Waals surface area contributed by atoms with Crippen LogP contribution in [0, 0.1) is 13.8 Å². The molecular weight excluding hydrogens is 200 g/mol. The van der Waals surface area contributed by atoms with Gasteiger partial charge in [-0.1, -0.05) is 29.8 Å². The van der Waals surface area contributed by atoms with Crippen molar-refractivity contribution >= 4 is 5.82 Å². The molecule has 0 amide bonds. The number of aromatic nitrogens is 3.